The zero-order chi connectivity index (χ0) is 13.1. The summed E-state index contributed by atoms with van der Waals surface area (Å²) < 4.78 is 0. The maximum atomic E-state index is 3.53. The van der Waals surface area contributed by atoms with Gasteiger partial charge in [-0.15, -0.1) is 0 Å². The Morgan fingerprint density at radius 3 is 2.63 bits per heavy atom. The van der Waals surface area contributed by atoms with Crippen molar-refractivity contribution in [3.05, 3.63) is 72.1 Å². The van der Waals surface area contributed by atoms with Gasteiger partial charge >= 0.3 is 0 Å². The zero-order valence-electron chi connectivity index (χ0n) is 11.1. The summed E-state index contributed by atoms with van der Waals surface area (Å²) in [5.41, 5.74) is 2.54. The van der Waals surface area contributed by atoms with Crippen molar-refractivity contribution >= 4 is 10.8 Å². The van der Waals surface area contributed by atoms with Gasteiger partial charge in [0, 0.05) is 24.5 Å². The van der Waals surface area contributed by atoms with Crippen molar-refractivity contribution in [1.29, 1.82) is 0 Å². The fourth-order valence-electron chi connectivity index (χ4n) is 2.34. The summed E-state index contributed by atoms with van der Waals surface area (Å²) in [7, 11) is 0. The Morgan fingerprint density at radius 1 is 1.00 bits per heavy atom. The lowest BCUT2D eigenvalue weighted by Gasteiger charge is -2.14. The Balaban J connectivity index is 1.75. The number of fused-ring (bicyclic) bond motifs is 1. The molecule has 0 aliphatic carbocycles. The highest BCUT2D eigenvalue weighted by Crippen LogP contribution is 2.20. The van der Waals surface area contributed by atoms with Crippen LogP contribution in [0.3, 0.4) is 0 Å². The van der Waals surface area contributed by atoms with E-state index in [2.05, 4.69) is 65.8 Å². The van der Waals surface area contributed by atoms with E-state index in [1.807, 2.05) is 12.3 Å². The first kappa shape index (κ1) is 12.0. The molecule has 2 heteroatoms. The fourth-order valence-corrected chi connectivity index (χ4v) is 2.34. The molecule has 3 aromatic rings. The van der Waals surface area contributed by atoms with Crippen molar-refractivity contribution in [2.24, 2.45) is 0 Å². The zero-order valence-corrected chi connectivity index (χ0v) is 11.1. The molecule has 0 unspecified atom stereocenters. The molecule has 3 rings (SSSR count). The molecule has 0 aliphatic rings. The molecule has 0 saturated heterocycles. The number of aromatic nitrogens is 1. The van der Waals surface area contributed by atoms with Crippen molar-refractivity contribution in [3.63, 3.8) is 0 Å². The molecule has 0 spiro atoms. The van der Waals surface area contributed by atoms with Gasteiger partial charge in [-0.1, -0.05) is 36.4 Å². The van der Waals surface area contributed by atoms with Crippen LogP contribution in [0.5, 0.6) is 0 Å². The van der Waals surface area contributed by atoms with Gasteiger partial charge < -0.3 is 10.3 Å². The molecule has 19 heavy (non-hydrogen) atoms. The SMILES string of the molecule is C[C@H](NCc1ccc[nH]1)c1ccc2ccccc2c1. The summed E-state index contributed by atoms with van der Waals surface area (Å²) in [5, 5.41) is 6.13. The summed E-state index contributed by atoms with van der Waals surface area (Å²) in [5.74, 6) is 0. The molecule has 1 heterocycles. The van der Waals surface area contributed by atoms with Gasteiger partial charge in [0.2, 0.25) is 0 Å². The first-order valence-corrected chi connectivity index (χ1v) is 6.67. The fraction of sp³-hybridized carbons (Fsp3) is 0.176. The minimum absolute atomic E-state index is 0.341. The maximum Gasteiger partial charge on any atom is 0.0362 e. The first-order chi connectivity index (χ1) is 9.33. The molecule has 0 amide bonds. The predicted octanol–water partition coefficient (Wildman–Crippen LogP) is 4.02. The molecule has 0 aliphatic heterocycles. The van der Waals surface area contributed by atoms with Crippen LogP contribution >= 0.6 is 0 Å². The third-order valence-electron chi connectivity index (χ3n) is 3.53. The summed E-state index contributed by atoms with van der Waals surface area (Å²) in [4.78, 5) is 3.21. The van der Waals surface area contributed by atoms with Gasteiger partial charge in [-0.25, -0.2) is 0 Å². The first-order valence-electron chi connectivity index (χ1n) is 6.67. The van der Waals surface area contributed by atoms with Crippen LogP contribution in [-0.4, -0.2) is 4.98 Å². The molecule has 1 aromatic heterocycles. The number of aromatic amines is 1. The number of hydrogen-bond donors (Lipinski definition) is 2. The molecule has 2 aromatic carbocycles. The number of rotatable bonds is 4. The lowest BCUT2D eigenvalue weighted by molar-refractivity contribution is 0.569. The standard InChI is InChI=1S/C17H18N2/c1-13(19-12-17-7-4-10-18-17)15-9-8-14-5-2-3-6-16(14)11-15/h2-11,13,18-19H,12H2,1H3/t13-/m0/s1. The molecule has 2 N–H and O–H groups in total. The smallest absolute Gasteiger partial charge is 0.0362 e. The Morgan fingerprint density at radius 2 is 1.84 bits per heavy atom. The highest BCUT2D eigenvalue weighted by Gasteiger charge is 2.05. The largest absolute Gasteiger partial charge is 0.364 e. The Hall–Kier alpha value is -2.06. The van der Waals surface area contributed by atoms with E-state index < -0.39 is 0 Å². The number of H-pyrrole nitrogens is 1. The molecular weight excluding hydrogens is 232 g/mol. The molecule has 96 valence electrons. The van der Waals surface area contributed by atoms with Crippen LogP contribution in [-0.2, 0) is 6.54 Å². The van der Waals surface area contributed by atoms with Crippen molar-refractivity contribution in [1.82, 2.24) is 10.3 Å². The van der Waals surface area contributed by atoms with E-state index in [1.165, 1.54) is 22.0 Å². The maximum absolute atomic E-state index is 3.53. The van der Waals surface area contributed by atoms with E-state index in [-0.39, 0.29) is 0 Å². The summed E-state index contributed by atoms with van der Waals surface area (Å²) in [6.45, 7) is 3.06. The van der Waals surface area contributed by atoms with E-state index in [1.54, 1.807) is 0 Å². The molecule has 1 atom stereocenters. The third-order valence-corrected chi connectivity index (χ3v) is 3.53. The lowest BCUT2D eigenvalue weighted by Crippen LogP contribution is -2.18. The van der Waals surface area contributed by atoms with Crippen LogP contribution in [0.2, 0.25) is 0 Å². The highest BCUT2D eigenvalue weighted by molar-refractivity contribution is 5.83. The molecule has 0 bridgehead atoms. The molecule has 0 fully saturated rings. The second-order valence-corrected chi connectivity index (χ2v) is 4.90. The Kier molecular flexibility index (Phi) is 3.34. The van der Waals surface area contributed by atoms with E-state index in [4.69, 9.17) is 0 Å². The molecule has 0 saturated carbocycles. The van der Waals surface area contributed by atoms with Crippen molar-refractivity contribution in [2.45, 2.75) is 19.5 Å². The lowest BCUT2D eigenvalue weighted by atomic mass is 10.0. The monoisotopic (exact) mass is 250 g/mol. The number of benzene rings is 2. The van der Waals surface area contributed by atoms with E-state index in [9.17, 15) is 0 Å². The average Bonchev–Trinajstić information content (AvgIpc) is 2.97. The Bertz CT molecular complexity index is 656. The highest BCUT2D eigenvalue weighted by atomic mass is 14.9. The van der Waals surface area contributed by atoms with Crippen LogP contribution in [0, 0.1) is 0 Å². The summed E-state index contributed by atoms with van der Waals surface area (Å²) in [6.07, 6.45) is 1.96. The van der Waals surface area contributed by atoms with Gasteiger partial charge in [-0.2, -0.15) is 0 Å². The van der Waals surface area contributed by atoms with Crippen LogP contribution in [0.4, 0.5) is 0 Å². The van der Waals surface area contributed by atoms with Gasteiger partial charge in [0.15, 0.2) is 0 Å². The van der Waals surface area contributed by atoms with Crippen LogP contribution in [0.25, 0.3) is 10.8 Å². The van der Waals surface area contributed by atoms with Gasteiger partial charge in [0.1, 0.15) is 0 Å². The molecular formula is C17H18N2. The van der Waals surface area contributed by atoms with Gasteiger partial charge in [-0.3, -0.25) is 0 Å². The second-order valence-electron chi connectivity index (χ2n) is 4.90. The molecule has 0 radical (unpaired) electrons. The minimum Gasteiger partial charge on any atom is -0.364 e. The quantitative estimate of drug-likeness (QED) is 0.719. The third kappa shape index (κ3) is 2.69. The van der Waals surface area contributed by atoms with E-state index in [0.717, 1.165) is 6.54 Å². The van der Waals surface area contributed by atoms with Gasteiger partial charge in [-0.05, 0) is 41.5 Å². The number of nitrogens with one attached hydrogen (secondary N) is 2. The molecule has 2 nitrogen and oxygen atoms in total. The van der Waals surface area contributed by atoms with Crippen LogP contribution < -0.4 is 5.32 Å². The normalized spacial score (nSPS) is 12.7. The van der Waals surface area contributed by atoms with Crippen LogP contribution in [0.15, 0.2) is 60.8 Å². The van der Waals surface area contributed by atoms with Crippen molar-refractivity contribution < 1.29 is 0 Å². The topological polar surface area (TPSA) is 27.8 Å². The summed E-state index contributed by atoms with van der Waals surface area (Å²) in [6, 6.07) is 19.6. The van der Waals surface area contributed by atoms with Crippen LogP contribution in [0.1, 0.15) is 24.2 Å². The minimum atomic E-state index is 0.341. The van der Waals surface area contributed by atoms with Gasteiger partial charge in [0.05, 0.1) is 0 Å². The second kappa shape index (κ2) is 5.29. The van der Waals surface area contributed by atoms with E-state index >= 15 is 0 Å². The predicted molar refractivity (Wildman–Crippen MR) is 80.0 cm³/mol. The Labute approximate surface area is 113 Å². The van der Waals surface area contributed by atoms with Crippen molar-refractivity contribution in [3.8, 4) is 0 Å². The van der Waals surface area contributed by atoms with E-state index in [0.29, 0.717) is 6.04 Å². The average molecular weight is 250 g/mol. The number of hydrogen-bond acceptors (Lipinski definition) is 1. The van der Waals surface area contributed by atoms with Gasteiger partial charge in [0.25, 0.3) is 0 Å². The van der Waals surface area contributed by atoms with Crippen molar-refractivity contribution in [2.75, 3.05) is 0 Å². The summed E-state index contributed by atoms with van der Waals surface area (Å²) >= 11 is 0.